The Morgan fingerprint density at radius 3 is 2.12 bits per heavy atom. The third kappa shape index (κ3) is 2.59. The fraction of sp³-hybridized carbons (Fsp3) is 0.800. The van der Waals surface area contributed by atoms with Gasteiger partial charge in [0.25, 0.3) is 0 Å². The van der Waals surface area contributed by atoms with E-state index in [9.17, 15) is 18.0 Å². The summed E-state index contributed by atoms with van der Waals surface area (Å²) in [6.45, 7) is 1.31. The molecule has 1 rings (SSSR count). The van der Waals surface area contributed by atoms with Crippen molar-refractivity contribution in [3.05, 3.63) is 0 Å². The summed E-state index contributed by atoms with van der Waals surface area (Å²) in [4.78, 5) is 22.6. The van der Waals surface area contributed by atoms with Crippen LogP contribution in [-0.4, -0.2) is 42.4 Å². The van der Waals surface area contributed by atoms with E-state index in [-0.39, 0.29) is 12.8 Å². The SMILES string of the molecule is C[C@H](NC(=O)C1(S(C)(=O)=O)CCCC1)C(=O)O. The summed E-state index contributed by atoms with van der Waals surface area (Å²) >= 11 is 0. The Labute approximate surface area is 100 Å². The molecule has 6 nitrogen and oxygen atoms in total. The number of hydrogen-bond acceptors (Lipinski definition) is 4. The average Bonchev–Trinajstić information content (AvgIpc) is 2.65. The lowest BCUT2D eigenvalue weighted by Crippen LogP contribution is -2.53. The summed E-state index contributed by atoms with van der Waals surface area (Å²) < 4.78 is 22.0. The number of hydrogen-bond donors (Lipinski definition) is 2. The number of carbonyl (C=O) groups excluding carboxylic acids is 1. The second-order valence-corrected chi connectivity index (χ2v) is 6.83. The van der Waals surface area contributed by atoms with E-state index >= 15 is 0 Å². The van der Waals surface area contributed by atoms with E-state index < -0.39 is 32.5 Å². The van der Waals surface area contributed by atoms with E-state index in [2.05, 4.69) is 5.32 Å². The van der Waals surface area contributed by atoms with Gasteiger partial charge < -0.3 is 10.4 Å². The minimum atomic E-state index is -3.54. The van der Waals surface area contributed by atoms with Crippen molar-refractivity contribution < 1.29 is 23.1 Å². The summed E-state index contributed by atoms with van der Waals surface area (Å²) in [5.41, 5.74) is 0. The quantitative estimate of drug-likeness (QED) is 0.739. The monoisotopic (exact) mass is 263 g/mol. The highest BCUT2D eigenvalue weighted by molar-refractivity contribution is 7.92. The molecule has 1 amide bonds. The zero-order chi connectivity index (χ0) is 13.3. The van der Waals surface area contributed by atoms with Crippen molar-refractivity contribution in [1.29, 1.82) is 0 Å². The fourth-order valence-corrected chi connectivity index (χ4v) is 3.53. The van der Waals surface area contributed by atoms with Crippen LogP contribution in [0.2, 0.25) is 0 Å². The molecule has 0 heterocycles. The first-order valence-corrected chi connectivity index (χ1v) is 7.33. The molecule has 1 fully saturated rings. The topological polar surface area (TPSA) is 101 Å². The van der Waals surface area contributed by atoms with Gasteiger partial charge in [-0.05, 0) is 19.8 Å². The Bertz CT molecular complexity index is 422. The van der Waals surface area contributed by atoms with Crippen molar-refractivity contribution in [3.8, 4) is 0 Å². The van der Waals surface area contributed by atoms with Crippen LogP contribution < -0.4 is 5.32 Å². The Morgan fingerprint density at radius 1 is 1.29 bits per heavy atom. The molecule has 1 aliphatic carbocycles. The van der Waals surface area contributed by atoms with Crippen molar-refractivity contribution in [2.45, 2.75) is 43.4 Å². The molecule has 98 valence electrons. The summed E-state index contributed by atoms with van der Waals surface area (Å²) in [5.74, 6) is -1.87. The molecule has 0 aliphatic heterocycles. The predicted molar refractivity (Wildman–Crippen MR) is 61.3 cm³/mol. The van der Waals surface area contributed by atoms with Crippen LogP contribution in [0.1, 0.15) is 32.6 Å². The smallest absolute Gasteiger partial charge is 0.325 e. The molecule has 1 atom stereocenters. The van der Waals surface area contributed by atoms with Gasteiger partial charge in [0.1, 0.15) is 10.8 Å². The van der Waals surface area contributed by atoms with Crippen molar-refractivity contribution >= 4 is 21.7 Å². The normalized spacial score (nSPS) is 20.8. The van der Waals surface area contributed by atoms with Crippen LogP contribution in [0.4, 0.5) is 0 Å². The standard InChI is InChI=1S/C10H17NO5S/c1-7(8(12)13)11-9(14)10(17(2,15)16)5-3-4-6-10/h7H,3-6H2,1-2H3,(H,11,14)(H,12,13)/t7-/m0/s1. The van der Waals surface area contributed by atoms with Crippen molar-refractivity contribution in [3.63, 3.8) is 0 Å². The average molecular weight is 263 g/mol. The summed E-state index contributed by atoms with van der Waals surface area (Å²) in [6.07, 6.45) is 2.90. The van der Waals surface area contributed by atoms with Gasteiger partial charge in [-0.25, -0.2) is 8.42 Å². The summed E-state index contributed by atoms with van der Waals surface area (Å²) in [5, 5.41) is 10.9. The zero-order valence-corrected chi connectivity index (χ0v) is 10.7. The molecule has 0 radical (unpaired) electrons. The number of amides is 1. The lowest BCUT2D eigenvalue weighted by molar-refractivity contribution is -0.141. The Morgan fingerprint density at radius 2 is 1.76 bits per heavy atom. The van der Waals surface area contributed by atoms with Crippen LogP contribution in [0.3, 0.4) is 0 Å². The lowest BCUT2D eigenvalue weighted by Gasteiger charge is -2.26. The van der Waals surface area contributed by atoms with Gasteiger partial charge >= 0.3 is 5.97 Å². The van der Waals surface area contributed by atoms with E-state index in [1.165, 1.54) is 6.92 Å². The minimum Gasteiger partial charge on any atom is -0.480 e. The van der Waals surface area contributed by atoms with Crippen LogP contribution in [0.25, 0.3) is 0 Å². The van der Waals surface area contributed by atoms with Gasteiger partial charge in [0, 0.05) is 6.26 Å². The van der Waals surface area contributed by atoms with E-state index in [0.29, 0.717) is 12.8 Å². The second-order valence-electron chi connectivity index (χ2n) is 4.51. The number of carboxylic acid groups (broad SMARTS) is 1. The van der Waals surface area contributed by atoms with Gasteiger partial charge in [-0.15, -0.1) is 0 Å². The first-order valence-electron chi connectivity index (χ1n) is 5.44. The Kier molecular flexibility index (Phi) is 3.81. The molecule has 0 bridgehead atoms. The highest BCUT2D eigenvalue weighted by Gasteiger charge is 2.50. The maximum absolute atomic E-state index is 12.0. The number of carboxylic acids is 1. The van der Waals surface area contributed by atoms with Gasteiger partial charge in [0.2, 0.25) is 5.91 Å². The lowest BCUT2D eigenvalue weighted by atomic mass is 10.1. The number of rotatable bonds is 4. The van der Waals surface area contributed by atoms with Gasteiger partial charge in [0.15, 0.2) is 9.84 Å². The third-order valence-electron chi connectivity index (χ3n) is 3.25. The number of carbonyl (C=O) groups is 2. The first kappa shape index (κ1) is 14.0. The minimum absolute atomic E-state index is 0.268. The first-order chi connectivity index (χ1) is 7.71. The molecule has 0 unspecified atom stereocenters. The fourth-order valence-electron chi connectivity index (χ4n) is 2.10. The number of aliphatic carboxylic acids is 1. The van der Waals surface area contributed by atoms with Crippen molar-refractivity contribution in [2.24, 2.45) is 0 Å². The molecule has 0 aromatic rings. The van der Waals surface area contributed by atoms with E-state index in [0.717, 1.165) is 6.26 Å². The molecule has 0 saturated heterocycles. The van der Waals surface area contributed by atoms with Gasteiger partial charge in [-0.1, -0.05) is 12.8 Å². The van der Waals surface area contributed by atoms with Crippen LogP contribution in [0, 0.1) is 0 Å². The van der Waals surface area contributed by atoms with Crippen molar-refractivity contribution in [1.82, 2.24) is 5.32 Å². The molecule has 0 aromatic heterocycles. The Hall–Kier alpha value is -1.11. The maximum Gasteiger partial charge on any atom is 0.325 e. The number of nitrogens with one attached hydrogen (secondary N) is 1. The molecule has 2 N–H and O–H groups in total. The van der Waals surface area contributed by atoms with E-state index in [1.54, 1.807) is 0 Å². The van der Waals surface area contributed by atoms with E-state index in [1.807, 2.05) is 0 Å². The highest BCUT2D eigenvalue weighted by atomic mass is 32.2. The molecular formula is C10H17NO5S. The van der Waals surface area contributed by atoms with Crippen LogP contribution >= 0.6 is 0 Å². The van der Waals surface area contributed by atoms with E-state index in [4.69, 9.17) is 5.11 Å². The molecule has 17 heavy (non-hydrogen) atoms. The summed E-state index contributed by atoms with van der Waals surface area (Å²) in [7, 11) is -3.54. The van der Waals surface area contributed by atoms with Crippen LogP contribution in [-0.2, 0) is 19.4 Å². The number of sulfone groups is 1. The summed E-state index contributed by atoms with van der Waals surface area (Å²) in [6, 6.07) is -1.08. The van der Waals surface area contributed by atoms with Gasteiger partial charge in [0.05, 0.1) is 0 Å². The maximum atomic E-state index is 12.0. The predicted octanol–water partition coefficient (Wildman–Crippen LogP) is -0.0669. The molecule has 1 saturated carbocycles. The molecular weight excluding hydrogens is 246 g/mol. The molecule has 7 heteroatoms. The Balaban J connectivity index is 2.94. The van der Waals surface area contributed by atoms with Crippen LogP contribution in [0.5, 0.6) is 0 Å². The second kappa shape index (κ2) is 4.64. The van der Waals surface area contributed by atoms with Crippen LogP contribution in [0.15, 0.2) is 0 Å². The largest absolute Gasteiger partial charge is 0.480 e. The van der Waals surface area contributed by atoms with Gasteiger partial charge in [-0.2, -0.15) is 0 Å². The highest BCUT2D eigenvalue weighted by Crippen LogP contribution is 2.36. The van der Waals surface area contributed by atoms with Crippen molar-refractivity contribution in [2.75, 3.05) is 6.26 Å². The molecule has 1 aliphatic rings. The molecule has 0 spiro atoms. The molecule has 0 aromatic carbocycles. The van der Waals surface area contributed by atoms with Gasteiger partial charge in [-0.3, -0.25) is 9.59 Å². The zero-order valence-electron chi connectivity index (χ0n) is 9.89. The third-order valence-corrected chi connectivity index (χ3v) is 5.27.